The van der Waals surface area contributed by atoms with E-state index in [1.807, 2.05) is 0 Å². The summed E-state index contributed by atoms with van der Waals surface area (Å²) >= 11 is 1.71. The lowest BCUT2D eigenvalue weighted by Gasteiger charge is -2.06. The first-order valence-electron chi connectivity index (χ1n) is 3.19. The quantitative estimate of drug-likeness (QED) is 0.506. The molecule has 0 saturated heterocycles. The summed E-state index contributed by atoms with van der Waals surface area (Å²) < 4.78 is 36.7. The van der Waals surface area contributed by atoms with E-state index in [4.69, 9.17) is 6.57 Å². The second-order valence-electron chi connectivity index (χ2n) is 2.28. The van der Waals surface area contributed by atoms with E-state index in [1.165, 1.54) is 6.07 Å². The number of nitrogens with zero attached hydrogens (tertiary/aromatic N) is 1. The van der Waals surface area contributed by atoms with Gasteiger partial charge in [-0.2, -0.15) is 13.2 Å². The molecule has 0 spiro atoms. The second kappa shape index (κ2) is 3.54. The highest BCUT2D eigenvalue weighted by atomic mass is 127. The SMILES string of the molecule is [C-]#[N+]c1ccc(C(F)(F)F)cc1I. The largest absolute Gasteiger partial charge is 0.416 e. The predicted octanol–water partition coefficient (Wildman–Crippen LogP) is 3.86. The Balaban J connectivity index is 3.20. The van der Waals surface area contributed by atoms with Gasteiger partial charge in [0, 0.05) is 3.57 Å². The van der Waals surface area contributed by atoms with Gasteiger partial charge in [0.05, 0.1) is 12.1 Å². The maximum absolute atomic E-state index is 12.1. The van der Waals surface area contributed by atoms with Crippen molar-refractivity contribution in [3.05, 3.63) is 38.7 Å². The second-order valence-corrected chi connectivity index (χ2v) is 3.44. The van der Waals surface area contributed by atoms with Crippen LogP contribution in [0.3, 0.4) is 0 Å². The number of halogens is 4. The Labute approximate surface area is 86.5 Å². The summed E-state index contributed by atoms with van der Waals surface area (Å²) in [6, 6.07) is 3.06. The third-order valence-corrected chi connectivity index (χ3v) is 2.26. The predicted molar refractivity (Wildman–Crippen MR) is 50.4 cm³/mol. The first-order valence-corrected chi connectivity index (χ1v) is 4.27. The molecule has 1 aromatic rings. The van der Waals surface area contributed by atoms with E-state index in [0.29, 0.717) is 3.57 Å². The molecule has 0 atom stereocenters. The third-order valence-electron chi connectivity index (χ3n) is 1.40. The van der Waals surface area contributed by atoms with Crippen LogP contribution in [0.1, 0.15) is 5.56 Å². The Hall–Kier alpha value is -0.770. The molecule has 0 N–H and O–H groups in total. The summed E-state index contributed by atoms with van der Waals surface area (Å²) in [5.41, 5.74) is -0.474. The van der Waals surface area contributed by atoms with Gasteiger partial charge in [0.2, 0.25) is 0 Å². The molecule has 1 rings (SSSR count). The van der Waals surface area contributed by atoms with Crippen LogP contribution in [-0.2, 0) is 6.18 Å². The van der Waals surface area contributed by atoms with Crippen molar-refractivity contribution in [1.82, 2.24) is 0 Å². The highest BCUT2D eigenvalue weighted by Crippen LogP contribution is 2.33. The first-order chi connectivity index (χ1) is 5.95. The number of rotatable bonds is 0. The van der Waals surface area contributed by atoms with Crippen molar-refractivity contribution in [2.24, 2.45) is 0 Å². The van der Waals surface area contributed by atoms with E-state index < -0.39 is 11.7 Å². The van der Waals surface area contributed by atoms with Gasteiger partial charge in [-0.25, -0.2) is 4.85 Å². The van der Waals surface area contributed by atoms with Crippen LogP contribution >= 0.6 is 22.6 Å². The van der Waals surface area contributed by atoms with E-state index >= 15 is 0 Å². The van der Waals surface area contributed by atoms with Crippen LogP contribution in [-0.4, -0.2) is 0 Å². The highest BCUT2D eigenvalue weighted by molar-refractivity contribution is 14.1. The molecule has 0 unspecified atom stereocenters. The van der Waals surface area contributed by atoms with Gasteiger partial charge in [0.1, 0.15) is 0 Å². The Morgan fingerprint density at radius 1 is 1.31 bits per heavy atom. The zero-order valence-electron chi connectivity index (χ0n) is 6.19. The lowest BCUT2D eigenvalue weighted by atomic mass is 10.2. The molecule has 0 amide bonds. The van der Waals surface area contributed by atoms with Crippen molar-refractivity contribution < 1.29 is 13.2 Å². The number of hydrogen-bond donors (Lipinski definition) is 0. The van der Waals surface area contributed by atoms with Crippen molar-refractivity contribution in [3.8, 4) is 0 Å². The molecule has 0 fully saturated rings. The summed E-state index contributed by atoms with van der Waals surface area (Å²) in [5.74, 6) is 0. The van der Waals surface area contributed by atoms with Crippen LogP contribution in [0.5, 0.6) is 0 Å². The van der Waals surface area contributed by atoms with Crippen molar-refractivity contribution >= 4 is 28.3 Å². The maximum Gasteiger partial charge on any atom is 0.416 e. The van der Waals surface area contributed by atoms with Crippen molar-refractivity contribution in [2.75, 3.05) is 0 Å². The topological polar surface area (TPSA) is 4.36 Å². The Bertz CT molecular complexity index is 365. The van der Waals surface area contributed by atoms with Crippen LogP contribution in [0.4, 0.5) is 18.9 Å². The Morgan fingerprint density at radius 2 is 1.92 bits per heavy atom. The molecule has 0 aromatic heterocycles. The van der Waals surface area contributed by atoms with Crippen molar-refractivity contribution in [1.29, 1.82) is 0 Å². The van der Waals surface area contributed by atoms with Gasteiger partial charge < -0.3 is 0 Å². The molecule has 1 nitrogen and oxygen atoms in total. The summed E-state index contributed by atoms with van der Waals surface area (Å²) in [7, 11) is 0. The fraction of sp³-hybridized carbons (Fsp3) is 0.125. The molecular formula is C8H3F3IN. The van der Waals surface area contributed by atoms with E-state index in [2.05, 4.69) is 4.85 Å². The Morgan fingerprint density at radius 3 is 2.31 bits per heavy atom. The normalized spacial score (nSPS) is 11.0. The molecule has 13 heavy (non-hydrogen) atoms. The molecular weight excluding hydrogens is 294 g/mol. The first kappa shape index (κ1) is 10.3. The minimum Gasteiger partial charge on any atom is -0.237 e. The number of hydrogen-bond acceptors (Lipinski definition) is 0. The van der Waals surface area contributed by atoms with Gasteiger partial charge in [0.15, 0.2) is 5.69 Å². The zero-order chi connectivity index (χ0) is 10.1. The van der Waals surface area contributed by atoms with E-state index in [9.17, 15) is 13.2 Å². The molecule has 0 aliphatic carbocycles. The standard InChI is InChI=1S/C8H3F3IN/c1-13-7-3-2-5(4-6(7)12)8(9,10)11/h2-4H. The lowest BCUT2D eigenvalue weighted by molar-refractivity contribution is -0.137. The fourth-order valence-corrected chi connectivity index (χ4v) is 1.41. The van der Waals surface area contributed by atoms with Gasteiger partial charge in [-0.15, -0.1) is 0 Å². The van der Waals surface area contributed by atoms with Crippen LogP contribution in [0, 0.1) is 10.1 Å². The average Bonchev–Trinajstić information content (AvgIpc) is 2.02. The fourth-order valence-electron chi connectivity index (χ4n) is 0.774. The third kappa shape index (κ3) is 2.34. The monoisotopic (exact) mass is 297 g/mol. The minimum absolute atomic E-state index is 0.244. The number of alkyl halides is 3. The molecule has 0 aliphatic heterocycles. The smallest absolute Gasteiger partial charge is 0.237 e. The summed E-state index contributed by atoms with van der Waals surface area (Å²) in [5, 5.41) is 0. The van der Waals surface area contributed by atoms with Crippen LogP contribution in [0.2, 0.25) is 0 Å². The zero-order valence-corrected chi connectivity index (χ0v) is 8.35. The molecule has 0 heterocycles. The highest BCUT2D eigenvalue weighted by Gasteiger charge is 2.30. The van der Waals surface area contributed by atoms with Crippen LogP contribution in [0.15, 0.2) is 18.2 Å². The Kier molecular flexibility index (Phi) is 2.81. The van der Waals surface area contributed by atoms with Gasteiger partial charge in [0.25, 0.3) is 0 Å². The average molecular weight is 297 g/mol. The molecule has 0 bridgehead atoms. The molecule has 5 heteroatoms. The summed E-state index contributed by atoms with van der Waals surface area (Å²) in [6.07, 6.45) is -4.33. The minimum atomic E-state index is -4.33. The van der Waals surface area contributed by atoms with E-state index in [1.54, 1.807) is 22.6 Å². The van der Waals surface area contributed by atoms with Crippen LogP contribution in [0.25, 0.3) is 4.85 Å². The molecule has 1 aromatic carbocycles. The maximum atomic E-state index is 12.1. The molecule has 0 saturated carbocycles. The molecule has 0 radical (unpaired) electrons. The van der Waals surface area contributed by atoms with Gasteiger partial charge in [-0.3, -0.25) is 0 Å². The lowest BCUT2D eigenvalue weighted by Crippen LogP contribution is -2.04. The molecule has 0 aliphatic rings. The summed E-state index contributed by atoms with van der Waals surface area (Å²) in [6.45, 7) is 6.65. The molecule has 68 valence electrons. The van der Waals surface area contributed by atoms with Gasteiger partial charge >= 0.3 is 6.18 Å². The van der Waals surface area contributed by atoms with E-state index in [0.717, 1.165) is 12.1 Å². The number of benzene rings is 1. The van der Waals surface area contributed by atoms with E-state index in [-0.39, 0.29) is 5.69 Å². The summed E-state index contributed by atoms with van der Waals surface area (Å²) in [4.78, 5) is 3.07. The van der Waals surface area contributed by atoms with Crippen LogP contribution < -0.4 is 0 Å². The van der Waals surface area contributed by atoms with Crippen molar-refractivity contribution in [3.63, 3.8) is 0 Å². The van der Waals surface area contributed by atoms with Gasteiger partial charge in [-0.1, -0.05) is 34.7 Å². The van der Waals surface area contributed by atoms with Crippen molar-refractivity contribution in [2.45, 2.75) is 6.18 Å². The van der Waals surface area contributed by atoms with Gasteiger partial charge in [-0.05, 0) is 6.07 Å².